The molecular weight excluding hydrogens is 363 g/mol. The maximum atomic E-state index is 12.9. The van der Waals surface area contributed by atoms with Crippen molar-refractivity contribution in [3.63, 3.8) is 0 Å². The molecule has 4 nitrogen and oxygen atoms in total. The quantitative estimate of drug-likeness (QED) is 0.691. The van der Waals surface area contributed by atoms with Crippen LogP contribution in [-0.2, 0) is 13.2 Å². The molecule has 1 heterocycles. The Labute approximate surface area is 153 Å². The molecule has 0 saturated heterocycles. The van der Waals surface area contributed by atoms with E-state index < -0.39 is 0 Å². The molecule has 7 heteroatoms. The molecule has 1 N–H and O–H groups in total. The van der Waals surface area contributed by atoms with Gasteiger partial charge < -0.3 is 10.1 Å². The Morgan fingerprint density at radius 2 is 1.88 bits per heavy atom. The van der Waals surface area contributed by atoms with E-state index in [-0.39, 0.29) is 18.3 Å². The largest absolute Gasteiger partial charge is 0.486 e. The first-order chi connectivity index (χ1) is 12.1. The average Bonchev–Trinajstić information content (AvgIpc) is 3.10. The van der Waals surface area contributed by atoms with Crippen LogP contribution in [-0.4, -0.2) is 10.9 Å². The molecule has 0 radical (unpaired) electrons. The van der Waals surface area contributed by atoms with Crippen LogP contribution >= 0.6 is 22.9 Å². The van der Waals surface area contributed by atoms with Gasteiger partial charge in [-0.25, -0.2) is 9.37 Å². The first-order valence-corrected chi connectivity index (χ1v) is 8.71. The third-order valence-corrected chi connectivity index (χ3v) is 4.40. The number of halogens is 2. The summed E-state index contributed by atoms with van der Waals surface area (Å²) in [5.74, 6) is 0.0973. The number of carbonyl (C=O) groups is 1. The van der Waals surface area contributed by atoms with Gasteiger partial charge in [0.2, 0.25) is 0 Å². The molecule has 0 bridgehead atoms. The van der Waals surface area contributed by atoms with Gasteiger partial charge in [-0.05, 0) is 42.0 Å². The van der Waals surface area contributed by atoms with E-state index in [1.54, 1.807) is 41.8 Å². The van der Waals surface area contributed by atoms with Crippen molar-refractivity contribution in [2.75, 3.05) is 0 Å². The summed E-state index contributed by atoms with van der Waals surface area (Å²) in [5, 5.41) is 5.77. The normalized spacial score (nSPS) is 10.5. The number of rotatable bonds is 6. The molecule has 0 spiro atoms. The number of ether oxygens (including phenoxy) is 1. The highest BCUT2D eigenvalue weighted by Crippen LogP contribution is 2.18. The van der Waals surface area contributed by atoms with Crippen LogP contribution < -0.4 is 10.1 Å². The molecule has 25 heavy (non-hydrogen) atoms. The summed E-state index contributed by atoms with van der Waals surface area (Å²) in [6, 6.07) is 13.0. The van der Waals surface area contributed by atoms with Crippen LogP contribution in [0.2, 0.25) is 5.02 Å². The zero-order valence-corrected chi connectivity index (χ0v) is 14.6. The number of thiazole rings is 1. The van der Waals surface area contributed by atoms with E-state index >= 15 is 0 Å². The van der Waals surface area contributed by atoms with Crippen molar-refractivity contribution in [3.05, 3.63) is 81.0 Å². The lowest BCUT2D eigenvalue weighted by Gasteiger charge is -2.04. The Balaban J connectivity index is 1.52. The molecule has 1 aromatic heterocycles. The lowest BCUT2D eigenvalue weighted by Crippen LogP contribution is -2.23. The molecule has 0 aliphatic heterocycles. The Morgan fingerprint density at radius 3 is 2.60 bits per heavy atom. The fourth-order valence-electron chi connectivity index (χ4n) is 2.03. The second kappa shape index (κ2) is 8.09. The minimum Gasteiger partial charge on any atom is -0.486 e. The lowest BCUT2D eigenvalue weighted by molar-refractivity contribution is 0.0946. The van der Waals surface area contributed by atoms with Crippen molar-refractivity contribution >= 4 is 28.8 Å². The monoisotopic (exact) mass is 376 g/mol. The van der Waals surface area contributed by atoms with Crippen molar-refractivity contribution in [1.82, 2.24) is 10.3 Å². The number of carbonyl (C=O) groups excluding carboxylic acids is 1. The van der Waals surface area contributed by atoms with E-state index in [0.29, 0.717) is 28.0 Å². The number of nitrogens with one attached hydrogen (secondary N) is 1. The van der Waals surface area contributed by atoms with Crippen LogP contribution in [0, 0.1) is 5.82 Å². The minimum absolute atomic E-state index is 0.275. The van der Waals surface area contributed by atoms with Gasteiger partial charge in [0.05, 0.1) is 0 Å². The minimum atomic E-state index is -0.306. The van der Waals surface area contributed by atoms with E-state index in [0.717, 1.165) is 5.56 Å². The van der Waals surface area contributed by atoms with Gasteiger partial charge in [-0.15, -0.1) is 11.3 Å². The van der Waals surface area contributed by atoms with Gasteiger partial charge in [0.25, 0.3) is 5.91 Å². The zero-order valence-electron chi connectivity index (χ0n) is 13.0. The van der Waals surface area contributed by atoms with Crippen LogP contribution in [0.25, 0.3) is 0 Å². The molecule has 0 aliphatic rings. The van der Waals surface area contributed by atoms with Crippen LogP contribution in [0.5, 0.6) is 5.75 Å². The summed E-state index contributed by atoms with van der Waals surface area (Å²) in [6.07, 6.45) is 0. The molecule has 0 aliphatic carbocycles. The maximum absolute atomic E-state index is 12.9. The average molecular weight is 377 g/mol. The highest BCUT2D eigenvalue weighted by Gasteiger charge is 2.11. The maximum Gasteiger partial charge on any atom is 0.271 e. The number of amides is 1. The van der Waals surface area contributed by atoms with E-state index in [4.69, 9.17) is 16.3 Å². The Hall–Kier alpha value is -2.44. The zero-order chi connectivity index (χ0) is 17.6. The van der Waals surface area contributed by atoms with Crippen molar-refractivity contribution in [2.24, 2.45) is 0 Å². The van der Waals surface area contributed by atoms with Gasteiger partial charge in [-0.2, -0.15) is 0 Å². The molecule has 128 valence electrons. The van der Waals surface area contributed by atoms with E-state index in [2.05, 4.69) is 10.3 Å². The van der Waals surface area contributed by atoms with Crippen molar-refractivity contribution in [1.29, 1.82) is 0 Å². The van der Waals surface area contributed by atoms with Crippen molar-refractivity contribution in [3.8, 4) is 5.75 Å². The SMILES string of the molecule is O=C(NCc1ccc(F)cc1)c1csc(COc2ccc(Cl)cc2)n1. The Morgan fingerprint density at radius 1 is 1.16 bits per heavy atom. The van der Waals surface area contributed by atoms with Crippen LogP contribution in [0.3, 0.4) is 0 Å². The molecule has 0 fully saturated rings. The number of hydrogen-bond donors (Lipinski definition) is 1. The Kier molecular flexibility index (Phi) is 5.63. The fraction of sp³-hybridized carbons (Fsp3) is 0.111. The smallest absolute Gasteiger partial charge is 0.271 e. The number of aromatic nitrogens is 1. The predicted octanol–water partition coefficient (Wildman–Crippen LogP) is 4.44. The molecular formula is C18H14ClFN2O2S. The van der Waals surface area contributed by atoms with Crippen LogP contribution in [0.15, 0.2) is 53.9 Å². The lowest BCUT2D eigenvalue weighted by atomic mass is 10.2. The second-order valence-electron chi connectivity index (χ2n) is 5.18. The molecule has 0 unspecified atom stereocenters. The van der Waals surface area contributed by atoms with Crippen molar-refractivity contribution < 1.29 is 13.9 Å². The molecule has 2 aromatic carbocycles. The summed E-state index contributed by atoms with van der Waals surface area (Å²) in [4.78, 5) is 16.4. The Bertz CT molecular complexity index is 850. The molecule has 3 rings (SSSR count). The summed E-state index contributed by atoms with van der Waals surface area (Å²) in [6.45, 7) is 0.588. The first kappa shape index (κ1) is 17.4. The van der Waals surface area contributed by atoms with Gasteiger partial charge in [0.15, 0.2) is 0 Å². The van der Waals surface area contributed by atoms with Gasteiger partial charge >= 0.3 is 0 Å². The topological polar surface area (TPSA) is 51.2 Å². The van der Waals surface area contributed by atoms with Gasteiger partial charge in [-0.1, -0.05) is 23.7 Å². The van der Waals surface area contributed by atoms with Crippen molar-refractivity contribution in [2.45, 2.75) is 13.2 Å². The van der Waals surface area contributed by atoms with Gasteiger partial charge in [-0.3, -0.25) is 4.79 Å². The van der Waals surface area contributed by atoms with Crippen LogP contribution in [0.4, 0.5) is 4.39 Å². The fourth-order valence-corrected chi connectivity index (χ4v) is 2.84. The van der Waals surface area contributed by atoms with E-state index in [9.17, 15) is 9.18 Å². The molecule has 0 saturated carbocycles. The summed E-state index contributed by atoms with van der Waals surface area (Å²) in [7, 11) is 0. The molecule has 3 aromatic rings. The van der Waals surface area contributed by atoms with Crippen LogP contribution in [0.1, 0.15) is 21.1 Å². The molecule has 1 amide bonds. The number of benzene rings is 2. The highest BCUT2D eigenvalue weighted by molar-refractivity contribution is 7.09. The summed E-state index contributed by atoms with van der Waals surface area (Å²) >= 11 is 7.17. The van der Waals surface area contributed by atoms with Gasteiger partial charge in [0.1, 0.15) is 28.9 Å². The third-order valence-electron chi connectivity index (χ3n) is 3.33. The highest BCUT2D eigenvalue weighted by atomic mass is 35.5. The standard InChI is InChI=1S/C18H14ClFN2O2S/c19-13-3-7-15(8-4-13)24-10-17-22-16(11-25-17)18(23)21-9-12-1-5-14(20)6-2-12/h1-8,11H,9-10H2,(H,21,23). The number of hydrogen-bond acceptors (Lipinski definition) is 4. The van der Waals surface area contributed by atoms with E-state index in [1.165, 1.54) is 23.5 Å². The van der Waals surface area contributed by atoms with Gasteiger partial charge in [0, 0.05) is 16.9 Å². The second-order valence-corrected chi connectivity index (χ2v) is 6.56. The predicted molar refractivity (Wildman–Crippen MR) is 95.5 cm³/mol. The molecule has 0 atom stereocenters. The summed E-state index contributed by atoms with van der Waals surface area (Å²) < 4.78 is 18.5. The first-order valence-electron chi connectivity index (χ1n) is 7.45. The number of nitrogens with zero attached hydrogens (tertiary/aromatic N) is 1. The summed E-state index contributed by atoms with van der Waals surface area (Å²) in [5.41, 5.74) is 1.15. The van der Waals surface area contributed by atoms with E-state index in [1.807, 2.05) is 0 Å². The third kappa shape index (κ3) is 5.01.